The summed E-state index contributed by atoms with van der Waals surface area (Å²) in [7, 11) is 0. The van der Waals surface area contributed by atoms with E-state index in [0.29, 0.717) is 0 Å². The van der Waals surface area contributed by atoms with Crippen molar-refractivity contribution in [3.05, 3.63) is 0 Å². The first kappa shape index (κ1) is 10.2. The van der Waals surface area contributed by atoms with Crippen molar-refractivity contribution in [2.75, 3.05) is 6.61 Å². The van der Waals surface area contributed by atoms with E-state index in [9.17, 15) is 9.59 Å². The van der Waals surface area contributed by atoms with Crippen molar-refractivity contribution in [1.29, 1.82) is 0 Å². The van der Waals surface area contributed by atoms with E-state index in [1.54, 1.807) is 0 Å². The van der Waals surface area contributed by atoms with Gasteiger partial charge in [0.1, 0.15) is 0 Å². The first-order chi connectivity index (χ1) is 5.13. The Morgan fingerprint density at radius 2 is 1.82 bits per heavy atom. The number of aliphatic carboxylic acids is 1. The van der Waals surface area contributed by atoms with Crippen LogP contribution in [-0.4, -0.2) is 23.1 Å². The minimum absolute atomic E-state index is 0.678. The molecule has 0 saturated heterocycles. The smallest absolute Gasteiger partial charge is 0.404 e. The lowest BCUT2D eigenvalue weighted by molar-refractivity contribution is -0.140. The van der Waals surface area contributed by atoms with E-state index in [1.807, 2.05) is 0 Å². The van der Waals surface area contributed by atoms with Gasteiger partial charge in [0.25, 0.3) is 0 Å². The number of hydrogen-bond acceptors (Lipinski definition) is 3. The van der Waals surface area contributed by atoms with Crippen molar-refractivity contribution in [3.63, 3.8) is 0 Å². The summed E-state index contributed by atoms with van der Waals surface area (Å²) in [4.78, 5) is 19.2. The second-order valence-corrected chi connectivity index (χ2v) is 2.29. The van der Waals surface area contributed by atoms with Crippen molar-refractivity contribution in [1.82, 2.24) is 0 Å². The van der Waals surface area contributed by atoms with E-state index in [4.69, 9.17) is 5.11 Å². The fourth-order valence-electron chi connectivity index (χ4n) is 0.118. The summed E-state index contributed by atoms with van der Waals surface area (Å²) >= 11 is 4.60. The van der Waals surface area contributed by atoms with Crippen LogP contribution in [0.1, 0.15) is 19.3 Å². The zero-order chi connectivity index (χ0) is 8.69. The molecule has 5 heteroatoms. The van der Waals surface area contributed by atoms with Gasteiger partial charge >= 0.3 is 11.4 Å². The molecule has 0 aromatic carbocycles. The molecule has 0 aromatic heterocycles. The highest BCUT2D eigenvalue weighted by molar-refractivity contribution is 6.61. The van der Waals surface area contributed by atoms with Gasteiger partial charge in [0, 0.05) is 11.6 Å². The monoisotopic (exact) mass is 180 g/mol. The van der Waals surface area contributed by atoms with E-state index in [2.05, 4.69) is 16.3 Å². The quantitative estimate of drug-likeness (QED) is 0.656. The van der Waals surface area contributed by atoms with Crippen molar-refractivity contribution >= 4 is 23.0 Å². The molecule has 1 aliphatic carbocycles. The largest absolute Gasteiger partial charge is 0.479 e. The average molecular weight is 181 g/mol. The predicted octanol–water partition coefficient (Wildman–Crippen LogP) is 1.62. The lowest BCUT2D eigenvalue weighted by atomic mass is 10.8. The van der Waals surface area contributed by atoms with Crippen LogP contribution < -0.4 is 0 Å². The molecule has 0 spiro atoms. The molecule has 0 heterocycles. The van der Waals surface area contributed by atoms with Crippen LogP contribution in [0.4, 0.5) is 4.79 Å². The highest BCUT2D eigenvalue weighted by Crippen LogP contribution is 2.14. The van der Waals surface area contributed by atoms with Crippen LogP contribution in [-0.2, 0) is 9.53 Å². The summed E-state index contributed by atoms with van der Waals surface area (Å²) in [6.45, 7) is -0.678. The number of carboxylic acid groups (broad SMARTS) is 1. The third-order valence-corrected chi connectivity index (χ3v) is 0.772. The Bertz CT molecular complexity index is 127. The maximum Gasteiger partial charge on any atom is 0.404 e. The molecule has 0 bridgehead atoms. The molecular formula is C6H9ClO4. The predicted molar refractivity (Wildman–Crippen MR) is 38.7 cm³/mol. The number of halogens is 1. The van der Waals surface area contributed by atoms with Crippen molar-refractivity contribution in [3.8, 4) is 0 Å². The van der Waals surface area contributed by atoms with Gasteiger partial charge in [-0.25, -0.2) is 9.59 Å². The molecule has 0 atom stereocenters. The van der Waals surface area contributed by atoms with Crippen LogP contribution in [0.25, 0.3) is 0 Å². The molecule has 0 amide bonds. The van der Waals surface area contributed by atoms with Gasteiger partial charge in [-0.2, -0.15) is 0 Å². The van der Waals surface area contributed by atoms with Gasteiger partial charge in [0.2, 0.25) is 0 Å². The Labute approximate surface area is 69.1 Å². The standard InChI is InChI=1S/C3H3ClO4.C3H6/c4-3(7)8-1-2(5)6;1-2-3-1/h1H2,(H,5,6);1-3H2. The molecule has 1 fully saturated rings. The molecule has 0 aromatic rings. The number of hydrogen-bond donors (Lipinski definition) is 1. The molecule has 1 saturated carbocycles. The summed E-state index contributed by atoms with van der Waals surface area (Å²) in [5, 5.41) is 7.83. The SMILES string of the molecule is C1CC1.O=C(O)COC(=O)Cl. The van der Waals surface area contributed by atoms with Gasteiger partial charge in [-0.3, -0.25) is 0 Å². The minimum Gasteiger partial charge on any atom is -0.479 e. The molecule has 64 valence electrons. The van der Waals surface area contributed by atoms with E-state index >= 15 is 0 Å². The zero-order valence-electron chi connectivity index (χ0n) is 5.88. The Balaban J connectivity index is 0.000000271. The summed E-state index contributed by atoms with van der Waals surface area (Å²) in [5.41, 5.74) is -1.10. The molecule has 0 radical (unpaired) electrons. The lowest BCUT2D eigenvalue weighted by Gasteiger charge is -1.90. The highest BCUT2D eigenvalue weighted by atomic mass is 35.5. The highest BCUT2D eigenvalue weighted by Gasteiger charge is 1.99. The van der Waals surface area contributed by atoms with Crippen molar-refractivity contribution < 1.29 is 19.4 Å². The summed E-state index contributed by atoms with van der Waals surface area (Å²) in [6.07, 6.45) is 4.50. The number of ether oxygens (including phenoxy) is 1. The molecule has 11 heavy (non-hydrogen) atoms. The van der Waals surface area contributed by atoms with Gasteiger partial charge in [0.05, 0.1) is 0 Å². The fraction of sp³-hybridized carbons (Fsp3) is 0.667. The van der Waals surface area contributed by atoms with E-state index < -0.39 is 18.0 Å². The van der Waals surface area contributed by atoms with Gasteiger partial charge in [-0.05, 0) is 0 Å². The summed E-state index contributed by atoms with van der Waals surface area (Å²) in [6, 6.07) is 0. The zero-order valence-corrected chi connectivity index (χ0v) is 6.63. The van der Waals surface area contributed by atoms with E-state index in [-0.39, 0.29) is 0 Å². The Kier molecular flexibility index (Phi) is 5.56. The fourth-order valence-corrected chi connectivity index (χ4v) is 0.173. The Morgan fingerprint density at radius 3 is 1.91 bits per heavy atom. The molecule has 1 aliphatic rings. The molecule has 0 aliphatic heterocycles. The lowest BCUT2D eigenvalue weighted by Crippen LogP contribution is -2.07. The summed E-state index contributed by atoms with van der Waals surface area (Å²) < 4.78 is 3.83. The number of carbonyl (C=O) groups excluding carboxylic acids is 1. The maximum absolute atomic E-state index is 9.63. The minimum atomic E-state index is -1.22. The van der Waals surface area contributed by atoms with Crippen LogP contribution in [0.2, 0.25) is 0 Å². The average Bonchev–Trinajstić information content (AvgIpc) is 2.67. The number of rotatable bonds is 2. The van der Waals surface area contributed by atoms with Crippen LogP contribution in [0.5, 0.6) is 0 Å². The van der Waals surface area contributed by atoms with Gasteiger partial charge in [0.15, 0.2) is 6.61 Å². The van der Waals surface area contributed by atoms with Crippen LogP contribution >= 0.6 is 11.6 Å². The molecular weight excluding hydrogens is 172 g/mol. The number of carbonyl (C=O) groups is 2. The van der Waals surface area contributed by atoms with Gasteiger partial charge < -0.3 is 9.84 Å². The van der Waals surface area contributed by atoms with E-state index in [1.165, 1.54) is 19.3 Å². The summed E-state index contributed by atoms with van der Waals surface area (Å²) in [5.74, 6) is -1.22. The van der Waals surface area contributed by atoms with Crippen LogP contribution in [0.3, 0.4) is 0 Å². The van der Waals surface area contributed by atoms with Gasteiger partial charge in [-0.1, -0.05) is 19.3 Å². The topological polar surface area (TPSA) is 63.6 Å². The molecule has 4 nitrogen and oxygen atoms in total. The number of carboxylic acids is 1. The first-order valence-electron chi connectivity index (χ1n) is 3.17. The van der Waals surface area contributed by atoms with Gasteiger partial charge in [-0.15, -0.1) is 0 Å². The van der Waals surface area contributed by atoms with E-state index in [0.717, 1.165) is 0 Å². The van der Waals surface area contributed by atoms with Crippen LogP contribution in [0.15, 0.2) is 0 Å². The molecule has 0 unspecified atom stereocenters. The molecule has 1 N–H and O–H groups in total. The Morgan fingerprint density at radius 1 is 1.36 bits per heavy atom. The molecule has 1 rings (SSSR count). The third kappa shape index (κ3) is 17.6. The third-order valence-electron chi connectivity index (χ3n) is 0.663. The first-order valence-corrected chi connectivity index (χ1v) is 3.55. The van der Waals surface area contributed by atoms with Crippen LogP contribution in [0, 0.1) is 0 Å². The second kappa shape index (κ2) is 5.97. The van der Waals surface area contributed by atoms with Crippen molar-refractivity contribution in [2.24, 2.45) is 0 Å². The Hall–Kier alpha value is -0.770. The second-order valence-electron chi connectivity index (χ2n) is 1.98. The maximum atomic E-state index is 9.63. The van der Waals surface area contributed by atoms with Crippen molar-refractivity contribution in [2.45, 2.75) is 19.3 Å². The normalized spacial score (nSPS) is 12.5.